The van der Waals surface area contributed by atoms with Crippen LogP contribution in [-0.2, 0) is 6.54 Å². The van der Waals surface area contributed by atoms with E-state index in [9.17, 15) is 13.6 Å². The van der Waals surface area contributed by atoms with E-state index < -0.39 is 17.5 Å². The minimum absolute atomic E-state index is 0.141. The van der Waals surface area contributed by atoms with Gasteiger partial charge in [0.15, 0.2) is 0 Å². The molecule has 2 aromatic rings. The minimum atomic E-state index is -0.846. The van der Waals surface area contributed by atoms with E-state index in [1.54, 1.807) is 0 Å². The molecule has 1 heterocycles. The average molecular weight is 331 g/mol. The molecular weight excluding hydrogens is 312 g/mol. The van der Waals surface area contributed by atoms with Crippen molar-refractivity contribution in [1.29, 1.82) is 0 Å². The lowest BCUT2D eigenvalue weighted by molar-refractivity contribution is 0.0947. The van der Waals surface area contributed by atoms with Gasteiger partial charge in [0.2, 0.25) is 0 Å². The zero-order chi connectivity index (χ0) is 16.7. The van der Waals surface area contributed by atoms with Crippen LogP contribution in [0.4, 0.5) is 8.78 Å². The summed E-state index contributed by atoms with van der Waals surface area (Å²) < 4.78 is 28.5. The van der Waals surface area contributed by atoms with Gasteiger partial charge in [-0.25, -0.2) is 8.78 Å². The number of nitrogens with one attached hydrogen (secondary N) is 1. The summed E-state index contributed by atoms with van der Waals surface area (Å²) in [7, 11) is 0. The predicted molar refractivity (Wildman–Crippen MR) is 84.9 cm³/mol. The number of rotatable bonds is 6. The first-order valence-corrected chi connectivity index (χ1v) is 8.42. The van der Waals surface area contributed by atoms with Crippen LogP contribution >= 0.6 is 0 Å². The maximum Gasteiger partial charge on any atom is 0.254 e. The molecule has 6 heteroatoms. The van der Waals surface area contributed by atoms with Crippen LogP contribution in [0.25, 0.3) is 0 Å². The Morgan fingerprint density at radius 3 is 2.58 bits per heavy atom. The third kappa shape index (κ3) is 3.18. The van der Waals surface area contributed by atoms with E-state index in [1.807, 2.05) is 4.68 Å². The summed E-state index contributed by atoms with van der Waals surface area (Å²) in [5.74, 6) is -0.875. The zero-order valence-corrected chi connectivity index (χ0v) is 13.3. The fourth-order valence-corrected chi connectivity index (χ4v) is 2.96. The molecule has 24 heavy (non-hydrogen) atoms. The molecule has 2 fully saturated rings. The molecule has 4 nitrogen and oxygen atoms in total. The lowest BCUT2D eigenvalue weighted by atomic mass is 10.2. The SMILES string of the molecule is O=C(NCCn1nc(C2CC2)cc1C1CC1)c1ccc(F)cc1F. The summed E-state index contributed by atoms with van der Waals surface area (Å²) in [6.07, 6.45) is 4.81. The van der Waals surface area contributed by atoms with Crippen LogP contribution in [0.3, 0.4) is 0 Å². The first-order chi connectivity index (χ1) is 11.6. The highest BCUT2D eigenvalue weighted by molar-refractivity contribution is 5.94. The van der Waals surface area contributed by atoms with E-state index in [0.717, 1.165) is 23.9 Å². The van der Waals surface area contributed by atoms with Crippen molar-refractivity contribution in [2.45, 2.75) is 44.1 Å². The van der Waals surface area contributed by atoms with Crippen molar-refractivity contribution in [1.82, 2.24) is 15.1 Å². The molecule has 0 saturated heterocycles. The Hall–Kier alpha value is -2.24. The van der Waals surface area contributed by atoms with E-state index in [-0.39, 0.29) is 5.56 Å². The molecule has 1 aromatic heterocycles. The maximum absolute atomic E-state index is 13.6. The lowest BCUT2D eigenvalue weighted by Gasteiger charge is -2.09. The fraction of sp³-hybridized carbons (Fsp3) is 0.444. The maximum atomic E-state index is 13.6. The van der Waals surface area contributed by atoms with E-state index >= 15 is 0 Å². The Morgan fingerprint density at radius 1 is 1.17 bits per heavy atom. The molecule has 1 aromatic carbocycles. The van der Waals surface area contributed by atoms with Gasteiger partial charge in [-0.05, 0) is 43.9 Å². The van der Waals surface area contributed by atoms with Crippen molar-refractivity contribution >= 4 is 5.91 Å². The van der Waals surface area contributed by atoms with Crippen molar-refractivity contribution in [3.05, 3.63) is 52.9 Å². The highest BCUT2D eigenvalue weighted by atomic mass is 19.1. The quantitative estimate of drug-likeness (QED) is 0.882. The molecule has 0 radical (unpaired) electrons. The second-order valence-electron chi connectivity index (χ2n) is 6.65. The first-order valence-electron chi connectivity index (χ1n) is 8.42. The standard InChI is InChI=1S/C18H19F2N3O/c19-13-5-6-14(15(20)9-13)18(24)21-7-8-23-17(12-3-4-12)10-16(22-23)11-1-2-11/h5-6,9-12H,1-4,7-8H2,(H,21,24). The Bertz CT molecular complexity index is 779. The van der Waals surface area contributed by atoms with Crippen LogP contribution in [0.5, 0.6) is 0 Å². The minimum Gasteiger partial charge on any atom is -0.350 e. The Balaban J connectivity index is 1.39. The average Bonchev–Trinajstić information content (AvgIpc) is 3.46. The monoisotopic (exact) mass is 331 g/mol. The fourth-order valence-electron chi connectivity index (χ4n) is 2.96. The molecule has 126 valence electrons. The number of halogens is 2. The number of amides is 1. The van der Waals surface area contributed by atoms with Gasteiger partial charge in [-0.2, -0.15) is 5.10 Å². The number of carbonyl (C=O) groups is 1. The smallest absolute Gasteiger partial charge is 0.254 e. The number of benzene rings is 1. The number of nitrogens with zero attached hydrogens (tertiary/aromatic N) is 2. The molecule has 1 N–H and O–H groups in total. The summed E-state index contributed by atoms with van der Waals surface area (Å²) in [5.41, 5.74) is 2.27. The summed E-state index contributed by atoms with van der Waals surface area (Å²) >= 11 is 0. The van der Waals surface area contributed by atoms with E-state index in [2.05, 4.69) is 16.5 Å². The van der Waals surface area contributed by atoms with Crippen molar-refractivity contribution in [3.63, 3.8) is 0 Å². The summed E-state index contributed by atoms with van der Waals surface area (Å²) in [4.78, 5) is 12.0. The van der Waals surface area contributed by atoms with Crippen LogP contribution in [0.1, 0.15) is 59.3 Å². The molecule has 1 amide bonds. The molecular formula is C18H19F2N3O. The molecule has 0 aliphatic heterocycles. The zero-order valence-electron chi connectivity index (χ0n) is 13.3. The Morgan fingerprint density at radius 2 is 1.92 bits per heavy atom. The summed E-state index contributed by atoms with van der Waals surface area (Å²) in [5, 5.41) is 7.36. The largest absolute Gasteiger partial charge is 0.350 e. The van der Waals surface area contributed by atoms with Gasteiger partial charge in [-0.1, -0.05) is 0 Å². The topological polar surface area (TPSA) is 46.9 Å². The second-order valence-corrected chi connectivity index (χ2v) is 6.65. The van der Waals surface area contributed by atoms with Crippen LogP contribution in [-0.4, -0.2) is 22.2 Å². The third-order valence-electron chi connectivity index (χ3n) is 4.61. The number of carbonyl (C=O) groups excluding carboxylic acids is 1. The van der Waals surface area contributed by atoms with Gasteiger partial charge in [0.1, 0.15) is 11.6 Å². The van der Waals surface area contributed by atoms with Crippen molar-refractivity contribution < 1.29 is 13.6 Å². The van der Waals surface area contributed by atoms with Crippen LogP contribution in [0.15, 0.2) is 24.3 Å². The third-order valence-corrected chi connectivity index (χ3v) is 4.61. The lowest BCUT2D eigenvalue weighted by Crippen LogP contribution is -2.28. The van der Waals surface area contributed by atoms with Gasteiger partial charge in [0.25, 0.3) is 5.91 Å². The van der Waals surface area contributed by atoms with E-state index in [1.165, 1.54) is 31.4 Å². The Labute approximate surface area is 138 Å². The number of aromatic nitrogens is 2. The van der Waals surface area contributed by atoms with Gasteiger partial charge < -0.3 is 5.32 Å². The number of hydrogen-bond donors (Lipinski definition) is 1. The Kier molecular flexibility index (Phi) is 3.82. The normalized spacial score (nSPS) is 17.1. The predicted octanol–water partition coefficient (Wildman–Crippen LogP) is 3.35. The molecule has 4 rings (SSSR count). The molecule has 0 bridgehead atoms. The molecule has 2 aliphatic carbocycles. The van der Waals surface area contributed by atoms with Gasteiger partial charge in [-0.3, -0.25) is 9.48 Å². The second kappa shape index (κ2) is 6.00. The van der Waals surface area contributed by atoms with Gasteiger partial charge in [0.05, 0.1) is 17.8 Å². The molecule has 2 aliphatic rings. The first kappa shape index (κ1) is 15.3. The van der Waals surface area contributed by atoms with Crippen LogP contribution < -0.4 is 5.32 Å². The van der Waals surface area contributed by atoms with Crippen LogP contribution in [0, 0.1) is 11.6 Å². The van der Waals surface area contributed by atoms with Gasteiger partial charge in [0, 0.05) is 30.1 Å². The van der Waals surface area contributed by atoms with E-state index in [4.69, 9.17) is 0 Å². The van der Waals surface area contributed by atoms with Crippen molar-refractivity contribution in [3.8, 4) is 0 Å². The highest BCUT2D eigenvalue weighted by Gasteiger charge is 2.32. The van der Waals surface area contributed by atoms with Crippen molar-refractivity contribution in [2.75, 3.05) is 6.54 Å². The molecule has 0 spiro atoms. The summed E-state index contributed by atoms with van der Waals surface area (Å²) in [6.45, 7) is 0.925. The van der Waals surface area contributed by atoms with Gasteiger partial charge in [-0.15, -0.1) is 0 Å². The molecule has 0 atom stereocenters. The van der Waals surface area contributed by atoms with Gasteiger partial charge >= 0.3 is 0 Å². The number of hydrogen-bond acceptors (Lipinski definition) is 2. The summed E-state index contributed by atoms with van der Waals surface area (Å²) in [6, 6.07) is 5.17. The highest BCUT2D eigenvalue weighted by Crippen LogP contribution is 2.44. The van der Waals surface area contributed by atoms with E-state index in [0.29, 0.717) is 24.9 Å². The molecule has 2 saturated carbocycles. The van der Waals surface area contributed by atoms with Crippen LogP contribution in [0.2, 0.25) is 0 Å². The molecule has 0 unspecified atom stereocenters. The van der Waals surface area contributed by atoms with Crippen molar-refractivity contribution in [2.24, 2.45) is 0 Å².